The molecule has 0 radical (unpaired) electrons. The van der Waals surface area contributed by atoms with E-state index in [9.17, 15) is 0 Å². The number of rotatable bonds is 0. The number of benzene rings is 5. The van der Waals surface area contributed by atoms with Crippen LogP contribution in [0.3, 0.4) is 0 Å². The molecule has 0 saturated heterocycles. The van der Waals surface area contributed by atoms with E-state index in [1.807, 2.05) is 0 Å². The first-order valence-electron chi connectivity index (χ1n) is 10.2. The van der Waals surface area contributed by atoms with Crippen LogP contribution < -0.4 is 0 Å². The SMILES string of the molecule is Cc1ccc2c(c1)[nH]c1cc3c(c(C)c12)-c1cccc2c1c-3cc1ccccc12. The van der Waals surface area contributed by atoms with Gasteiger partial charge in [-0.25, -0.2) is 0 Å². The van der Waals surface area contributed by atoms with Gasteiger partial charge in [-0.15, -0.1) is 0 Å². The summed E-state index contributed by atoms with van der Waals surface area (Å²) < 4.78 is 0. The summed E-state index contributed by atoms with van der Waals surface area (Å²) in [5, 5.41) is 8.08. The highest BCUT2D eigenvalue weighted by molar-refractivity contribution is 6.26. The van der Waals surface area contributed by atoms with Crippen molar-refractivity contribution in [3.63, 3.8) is 0 Å². The van der Waals surface area contributed by atoms with Crippen LogP contribution in [0, 0.1) is 13.8 Å². The number of aromatic amines is 1. The molecule has 0 aliphatic heterocycles. The second-order valence-electron chi connectivity index (χ2n) is 8.39. The standard InChI is InChI=1S/C28H19N/c1-15-10-11-20-24(12-15)29-25-14-23-22-13-17-6-3-4-7-18(17)19-8-5-9-21(28(19)22)26(23)16(2)27(20)25/h3-14,29H,1-2H3. The molecule has 29 heavy (non-hydrogen) atoms. The lowest BCUT2D eigenvalue weighted by atomic mass is 9.94. The summed E-state index contributed by atoms with van der Waals surface area (Å²) in [6, 6.07) is 27.0. The summed E-state index contributed by atoms with van der Waals surface area (Å²) >= 11 is 0. The number of H-pyrrole nitrogens is 1. The molecule has 0 bridgehead atoms. The van der Waals surface area contributed by atoms with Gasteiger partial charge in [-0.2, -0.15) is 0 Å². The molecule has 1 heteroatoms. The lowest BCUT2D eigenvalue weighted by Gasteiger charge is -2.08. The van der Waals surface area contributed by atoms with Gasteiger partial charge in [0.15, 0.2) is 0 Å². The third-order valence-electron chi connectivity index (χ3n) is 6.74. The van der Waals surface area contributed by atoms with Crippen molar-refractivity contribution in [1.29, 1.82) is 0 Å². The summed E-state index contributed by atoms with van der Waals surface area (Å²) in [4.78, 5) is 3.69. The van der Waals surface area contributed by atoms with Crippen molar-refractivity contribution < 1.29 is 0 Å². The minimum Gasteiger partial charge on any atom is -0.354 e. The zero-order valence-electron chi connectivity index (χ0n) is 16.4. The monoisotopic (exact) mass is 369 g/mol. The van der Waals surface area contributed by atoms with Gasteiger partial charge < -0.3 is 4.98 Å². The maximum atomic E-state index is 3.69. The van der Waals surface area contributed by atoms with Crippen LogP contribution in [0.5, 0.6) is 0 Å². The van der Waals surface area contributed by atoms with E-state index < -0.39 is 0 Å². The van der Waals surface area contributed by atoms with Crippen LogP contribution in [0.4, 0.5) is 0 Å². The quantitative estimate of drug-likeness (QED) is 0.262. The predicted octanol–water partition coefficient (Wildman–Crippen LogP) is 7.89. The van der Waals surface area contributed by atoms with Crippen LogP contribution >= 0.6 is 0 Å². The van der Waals surface area contributed by atoms with Crippen LogP contribution in [0.25, 0.3) is 65.6 Å². The van der Waals surface area contributed by atoms with Gasteiger partial charge in [0.1, 0.15) is 0 Å². The van der Waals surface area contributed by atoms with E-state index in [1.54, 1.807) is 0 Å². The van der Waals surface area contributed by atoms with Gasteiger partial charge in [-0.1, -0.05) is 54.6 Å². The van der Waals surface area contributed by atoms with Crippen LogP contribution in [0.15, 0.2) is 72.8 Å². The van der Waals surface area contributed by atoms with Crippen molar-refractivity contribution in [1.82, 2.24) is 4.98 Å². The number of fused-ring (bicyclic) bond motifs is 8. The minimum absolute atomic E-state index is 1.23. The fraction of sp³-hybridized carbons (Fsp3) is 0.0714. The second kappa shape index (κ2) is 5.07. The number of hydrogen-bond donors (Lipinski definition) is 1. The van der Waals surface area contributed by atoms with Crippen LogP contribution in [0.1, 0.15) is 11.1 Å². The zero-order valence-corrected chi connectivity index (χ0v) is 16.4. The zero-order chi connectivity index (χ0) is 19.3. The average Bonchev–Trinajstić information content (AvgIpc) is 3.25. The number of hydrogen-bond acceptors (Lipinski definition) is 0. The fourth-order valence-electron chi connectivity index (χ4n) is 5.53. The Balaban J connectivity index is 1.70. The van der Waals surface area contributed by atoms with E-state index in [4.69, 9.17) is 0 Å². The van der Waals surface area contributed by atoms with Gasteiger partial charge in [0, 0.05) is 21.8 Å². The van der Waals surface area contributed by atoms with Crippen molar-refractivity contribution in [3.8, 4) is 22.3 Å². The van der Waals surface area contributed by atoms with Crippen molar-refractivity contribution in [2.24, 2.45) is 0 Å². The summed E-state index contributed by atoms with van der Waals surface area (Å²) in [5.74, 6) is 0. The van der Waals surface area contributed by atoms with Gasteiger partial charge in [-0.05, 0) is 87.0 Å². The second-order valence-corrected chi connectivity index (χ2v) is 8.39. The molecule has 0 unspecified atom stereocenters. The topological polar surface area (TPSA) is 15.8 Å². The molecule has 0 amide bonds. The molecule has 1 heterocycles. The maximum absolute atomic E-state index is 3.69. The predicted molar refractivity (Wildman–Crippen MR) is 125 cm³/mol. The van der Waals surface area contributed by atoms with Crippen LogP contribution in [-0.2, 0) is 0 Å². The molecule has 0 saturated carbocycles. The maximum Gasteiger partial charge on any atom is 0.0474 e. The Kier molecular flexibility index (Phi) is 2.68. The number of aromatic nitrogens is 1. The Morgan fingerprint density at radius 2 is 1.45 bits per heavy atom. The largest absolute Gasteiger partial charge is 0.354 e. The smallest absolute Gasteiger partial charge is 0.0474 e. The molecular weight excluding hydrogens is 350 g/mol. The highest BCUT2D eigenvalue weighted by atomic mass is 14.7. The first kappa shape index (κ1) is 15.4. The van der Waals surface area contributed by atoms with Gasteiger partial charge >= 0.3 is 0 Å². The Labute approximate surface area is 168 Å². The van der Waals surface area contributed by atoms with Crippen molar-refractivity contribution in [2.75, 3.05) is 0 Å². The Hall–Kier alpha value is -3.58. The number of aryl methyl sites for hydroxylation is 2. The third kappa shape index (κ3) is 1.81. The normalized spacial score (nSPS) is 12.5. The van der Waals surface area contributed by atoms with Crippen molar-refractivity contribution in [2.45, 2.75) is 13.8 Å². The molecule has 0 spiro atoms. The third-order valence-corrected chi connectivity index (χ3v) is 6.74. The molecule has 7 rings (SSSR count). The number of nitrogens with one attached hydrogen (secondary N) is 1. The molecule has 1 nitrogen and oxygen atoms in total. The lowest BCUT2D eigenvalue weighted by Crippen LogP contribution is -1.85. The van der Waals surface area contributed by atoms with E-state index in [0.29, 0.717) is 0 Å². The van der Waals surface area contributed by atoms with E-state index in [1.165, 1.54) is 76.7 Å². The van der Waals surface area contributed by atoms with Crippen molar-refractivity contribution >= 4 is 43.4 Å². The van der Waals surface area contributed by atoms with Crippen LogP contribution in [0.2, 0.25) is 0 Å². The van der Waals surface area contributed by atoms with Gasteiger partial charge in [0.25, 0.3) is 0 Å². The van der Waals surface area contributed by atoms with E-state index in [0.717, 1.165) is 0 Å². The van der Waals surface area contributed by atoms with E-state index >= 15 is 0 Å². The molecule has 136 valence electrons. The van der Waals surface area contributed by atoms with Gasteiger partial charge in [0.2, 0.25) is 0 Å². The highest BCUT2D eigenvalue weighted by Gasteiger charge is 2.26. The molecule has 5 aromatic carbocycles. The Morgan fingerprint density at radius 1 is 0.586 bits per heavy atom. The fourth-order valence-corrected chi connectivity index (χ4v) is 5.53. The van der Waals surface area contributed by atoms with Crippen LogP contribution in [-0.4, -0.2) is 4.98 Å². The lowest BCUT2D eigenvalue weighted by molar-refractivity contribution is 1.47. The van der Waals surface area contributed by atoms with E-state index in [-0.39, 0.29) is 0 Å². The first-order valence-corrected chi connectivity index (χ1v) is 10.2. The van der Waals surface area contributed by atoms with Gasteiger partial charge in [-0.3, -0.25) is 0 Å². The summed E-state index contributed by atoms with van der Waals surface area (Å²) in [7, 11) is 0. The molecule has 1 aliphatic carbocycles. The molecule has 0 fully saturated rings. The Morgan fingerprint density at radius 3 is 2.38 bits per heavy atom. The Bertz CT molecular complexity index is 1660. The molecular formula is C28H19N. The van der Waals surface area contributed by atoms with E-state index in [2.05, 4.69) is 91.6 Å². The van der Waals surface area contributed by atoms with Gasteiger partial charge in [0.05, 0.1) is 0 Å². The average molecular weight is 369 g/mol. The van der Waals surface area contributed by atoms with Crippen molar-refractivity contribution in [3.05, 3.63) is 83.9 Å². The summed E-state index contributed by atoms with van der Waals surface area (Å²) in [5.41, 5.74) is 10.6. The first-order chi connectivity index (χ1) is 14.2. The summed E-state index contributed by atoms with van der Waals surface area (Å²) in [6.07, 6.45) is 0. The highest BCUT2D eigenvalue weighted by Crippen LogP contribution is 2.52. The molecule has 1 N–H and O–H groups in total. The molecule has 1 aromatic heterocycles. The molecule has 0 atom stereocenters. The molecule has 6 aromatic rings. The minimum atomic E-state index is 1.23. The summed E-state index contributed by atoms with van der Waals surface area (Å²) in [6.45, 7) is 4.44. The molecule has 1 aliphatic rings.